The molecule has 0 bridgehead atoms. The molecule has 0 saturated heterocycles. The Balaban J connectivity index is 1.77. The number of nitrogens with two attached hydrogens (primary N) is 1. The Morgan fingerprint density at radius 3 is 2.50 bits per heavy atom. The van der Waals surface area contributed by atoms with E-state index in [1.54, 1.807) is 12.1 Å². The Morgan fingerprint density at radius 2 is 1.81 bits per heavy atom. The molecule has 7 nitrogen and oxygen atoms in total. The second-order valence-electron chi connectivity index (χ2n) is 5.55. The maximum Gasteiger partial charge on any atom is 0.303 e. The number of carboxylic acids is 1. The number of carbonyl (C=O) groups is 1. The van der Waals surface area contributed by atoms with Crippen LogP contribution in [-0.4, -0.2) is 30.1 Å². The molecule has 0 aromatic heterocycles. The molecule has 0 heterocycles. The largest absolute Gasteiger partial charge is 0.493 e. The van der Waals surface area contributed by atoms with Gasteiger partial charge in [-0.05, 0) is 41.5 Å². The summed E-state index contributed by atoms with van der Waals surface area (Å²) in [6.45, 7) is 0.898. The van der Waals surface area contributed by atoms with Crippen LogP contribution in [0.15, 0.2) is 70.0 Å². The van der Waals surface area contributed by atoms with Crippen molar-refractivity contribution < 1.29 is 14.6 Å². The van der Waals surface area contributed by atoms with E-state index < -0.39 is 5.97 Å². The SMILES string of the molecule is NC(=NN=NCCCC(=O)O)c1ccc(OCCc2ccccc2)cc1. The molecule has 2 aromatic rings. The maximum atomic E-state index is 10.4. The number of carboxylic acid groups (broad SMARTS) is 1. The Morgan fingerprint density at radius 1 is 1.08 bits per heavy atom. The molecule has 2 aromatic carbocycles. The minimum Gasteiger partial charge on any atom is -0.493 e. The smallest absolute Gasteiger partial charge is 0.303 e. The predicted octanol–water partition coefficient (Wildman–Crippen LogP) is 3.25. The topological polar surface area (TPSA) is 110 Å². The first-order valence-corrected chi connectivity index (χ1v) is 8.34. The van der Waals surface area contributed by atoms with Gasteiger partial charge in [0.25, 0.3) is 0 Å². The molecular formula is C19H22N4O3. The van der Waals surface area contributed by atoms with Crippen molar-refractivity contribution in [3.63, 3.8) is 0 Å². The van der Waals surface area contributed by atoms with Gasteiger partial charge in [-0.15, -0.1) is 5.10 Å². The summed E-state index contributed by atoms with van der Waals surface area (Å²) in [5, 5.41) is 19.7. The zero-order chi connectivity index (χ0) is 18.6. The molecule has 0 aliphatic rings. The first-order chi connectivity index (χ1) is 12.6. The third-order valence-electron chi connectivity index (χ3n) is 3.52. The molecule has 136 valence electrons. The fourth-order valence-electron chi connectivity index (χ4n) is 2.14. The Kier molecular flexibility index (Phi) is 7.79. The number of benzene rings is 2. The Labute approximate surface area is 152 Å². The highest BCUT2D eigenvalue weighted by molar-refractivity contribution is 5.97. The van der Waals surface area contributed by atoms with Gasteiger partial charge in [-0.25, -0.2) is 0 Å². The summed E-state index contributed by atoms with van der Waals surface area (Å²) in [6.07, 6.45) is 1.32. The fourth-order valence-corrected chi connectivity index (χ4v) is 2.14. The number of ether oxygens (including phenoxy) is 1. The van der Waals surface area contributed by atoms with Gasteiger partial charge in [0.1, 0.15) is 5.75 Å². The number of rotatable bonds is 10. The number of nitrogens with zero attached hydrogens (tertiary/aromatic N) is 3. The van der Waals surface area contributed by atoms with Crippen LogP contribution >= 0.6 is 0 Å². The average Bonchev–Trinajstić information content (AvgIpc) is 2.65. The maximum absolute atomic E-state index is 10.4. The molecule has 0 unspecified atom stereocenters. The van der Waals surface area contributed by atoms with E-state index in [9.17, 15) is 4.79 Å². The molecule has 2 rings (SSSR count). The molecular weight excluding hydrogens is 332 g/mol. The van der Waals surface area contributed by atoms with E-state index in [4.69, 9.17) is 15.6 Å². The van der Waals surface area contributed by atoms with E-state index in [-0.39, 0.29) is 12.3 Å². The van der Waals surface area contributed by atoms with Crippen LogP contribution in [0, 0.1) is 0 Å². The molecule has 0 fully saturated rings. The van der Waals surface area contributed by atoms with Crippen LogP contribution in [-0.2, 0) is 11.2 Å². The van der Waals surface area contributed by atoms with Gasteiger partial charge < -0.3 is 15.6 Å². The Bertz CT molecular complexity index is 743. The molecule has 0 radical (unpaired) electrons. The fraction of sp³-hybridized carbons (Fsp3) is 0.263. The van der Waals surface area contributed by atoms with Gasteiger partial charge in [-0.1, -0.05) is 30.3 Å². The van der Waals surface area contributed by atoms with Gasteiger partial charge in [0.05, 0.1) is 13.2 Å². The van der Waals surface area contributed by atoms with Gasteiger partial charge in [0.15, 0.2) is 5.84 Å². The highest BCUT2D eigenvalue weighted by Crippen LogP contribution is 2.13. The van der Waals surface area contributed by atoms with Gasteiger partial charge in [-0.3, -0.25) is 4.79 Å². The molecule has 7 heteroatoms. The van der Waals surface area contributed by atoms with Crippen molar-refractivity contribution in [2.75, 3.05) is 13.2 Å². The van der Waals surface area contributed by atoms with Crippen LogP contribution in [0.3, 0.4) is 0 Å². The lowest BCUT2D eigenvalue weighted by molar-refractivity contribution is -0.137. The van der Waals surface area contributed by atoms with Gasteiger partial charge in [0, 0.05) is 18.4 Å². The molecule has 3 N–H and O–H groups in total. The van der Waals surface area contributed by atoms with E-state index >= 15 is 0 Å². The van der Waals surface area contributed by atoms with Crippen LogP contribution in [0.5, 0.6) is 5.75 Å². The van der Waals surface area contributed by atoms with Crippen molar-refractivity contribution in [3.05, 3.63) is 65.7 Å². The Hall–Kier alpha value is -3.22. The number of hydrogen-bond donors (Lipinski definition) is 2. The van der Waals surface area contributed by atoms with E-state index in [2.05, 4.69) is 27.6 Å². The summed E-state index contributed by atoms with van der Waals surface area (Å²) < 4.78 is 5.72. The molecule has 0 aliphatic heterocycles. The second-order valence-corrected chi connectivity index (χ2v) is 5.55. The molecule has 0 spiro atoms. The van der Waals surface area contributed by atoms with Crippen LogP contribution < -0.4 is 10.5 Å². The number of amidine groups is 1. The molecule has 26 heavy (non-hydrogen) atoms. The lowest BCUT2D eigenvalue weighted by atomic mass is 10.2. The van der Waals surface area contributed by atoms with Crippen molar-refractivity contribution >= 4 is 11.8 Å². The quantitative estimate of drug-likeness (QED) is 0.224. The molecule has 0 amide bonds. The monoisotopic (exact) mass is 354 g/mol. The molecule has 0 aliphatic carbocycles. The van der Waals surface area contributed by atoms with E-state index in [0.717, 1.165) is 12.2 Å². The summed E-state index contributed by atoms with van der Waals surface area (Å²) in [7, 11) is 0. The minimum absolute atomic E-state index is 0.0595. The van der Waals surface area contributed by atoms with Crippen molar-refractivity contribution in [3.8, 4) is 5.75 Å². The highest BCUT2D eigenvalue weighted by Gasteiger charge is 2.00. The van der Waals surface area contributed by atoms with Crippen LogP contribution in [0.25, 0.3) is 0 Å². The summed E-state index contributed by atoms with van der Waals surface area (Å²) in [6, 6.07) is 17.4. The summed E-state index contributed by atoms with van der Waals surface area (Å²) >= 11 is 0. The van der Waals surface area contributed by atoms with Gasteiger partial charge in [0.2, 0.25) is 0 Å². The lowest BCUT2D eigenvalue weighted by Gasteiger charge is -2.07. The van der Waals surface area contributed by atoms with E-state index in [0.29, 0.717) is 25.1 Å². The normalized spacial score (nSPS) is 11.6. The van der Waals surface area contributed by atoms with Crippen LogP contribution in [0.1, 0.15) is 24.0 Å². The van der Waals surface area contributed by atoms with Crippen LogP contribution in [0.2, 0.25) is 0 Å². The first-order valence-electron chi connectivity index (χ1n) is 8.34. The predicted molar refractivity (Wildman–Crippen MR) is 99.4 cm³/mol. The van der Waals surface area contributed by atoms with Gasteiger partial charge >= 0.3 is 5.97 Å². The molecule has 0 atom stereocenters. The highest BCUT2D eigenvalue weighted by atomic mass is 16.5. The first kappa shape index (κ1) is 19.1. The van der Waals surface area contributed by atoms with E-state index in [1.165, 1.54) is 5.56 Å². The third kappa shape index (κ3) is 7.12. The van der Waals surface area contributed by atoms with Crippen molar-refractivity contribution in [1.82, 2.24) is 0 Å². The van der Waals surface area contributed by atoms with E-state index in [1.807, 2.05) is 30.3 Å². The lowest BCUT2D eigenvalue weighted by Crippen LogP contribution is -2.12. The zero-order valence-corrected chi connectivity index (χ0v) is 14.4. The summed E-state index contributed by atoms with van der Waals surface area (Å²) in [4.78, 5) is 10.4. The average molecular weight is 354 g/mol. The van der Waals surface area contributed by atoms with Crippen molar-refractivity contribution in [2.45, 2.75) is 19.3 Å². The van der Waals surface area contributed by atoms with Crippen LogP contribution in [0.4, 0.5) is 0 Å². The summed E-state index contributed by atoms with van der Waals surface area (Å²) in [5.41, 5.74) is 7.79. The standard InChI is InChI=1S/C19H22N4O3/c20-19(22-23-21-13-4-7-18(24)25)16-8-10-17(11-9-16)26-14-12-15-5-2-1-3-6-15/h1-3,5-6,8-11H,4,7,12-14H2,(H,24,25)(H2,20,21,22). The minimum atomic E-state index is -0.853. The second kappa shape index (κ2) is 10.6. The van der Waals surface area contributed by atoms with Crippen molar-refractivity contribution in [1.29, 1.82) is 0 Å². The summed E-state index contributed by atoms with van der Waals surface area (Å²) in [5.74, 6) is 0.143. The molecule has 0 saturated carbocycles. The van der Waals surface area contributed by atoms with Gasteiger partial charge in [-0.2, -0.15) is 5.11 Å². The number of hydrogen-bond acceptors (Lipinski definition) is 4. The van der Waals surface area contributed by atoms with Crippen molar-refractivity contribution in [2.24, 2.45) is 21.2 Å². The third-order valence-corrected chi connectivity index (χ3v) is 3.52. The number of aliphatic carboxylic acids is 1. The zero-order valence-electron chi connectivity index (χ0n) is 14.4.